The first-order valence-corrected chi connectivity index (χ1v) is 8.51. The molecular weight excluding hydrogens is 324 g/mol. The lowest BCUT2D eigenvalue weighted by Crippen LogP contribution is -2.39. The number of aliphatic hydroxyl groups excluding tert-OH is 1. The lowest BCUT2D eigenvalue weighted by atomic mass is 10.1. The molecular formula is C17H16N4O2S. The van der Waals surface area contributed by atoms with Gasteiger partial charge in [-0.2, -0.15) is 0 Å². The van der Waals surface area contributed by atoms with Crippen LogP contribution in [0, 0.1) is 0 Å². The van der Waals surface area contributed by atoms with Gasteiger partial charge in [0.1, 0.15) is 5.69 Å². The van der Waals surface area contributed by atoms with Gasteiger partial charge in [0.15, 0.2) is 4.96 Å². The van der Waals surface area contributed by atoms with Crippen LogP contribution in [-0.2, 0) is 6.42 Å². The molecule has 0 aliphatic carbocycles. The minimum atomic E-state index is -0.352. The predicted octanol–water partition coefficient (Wildman–Crippen LogP) is 2.21. The second-order valence-corrected chi connectivity index (χ2v) is 6.45. The maximum absolute atomic E-state index is 12.5. The second-order valence-electron chi connectivity index (χ2n) is 5.62. The summed E-state index contributed by atoms with van der Waals surface area (Å²) in [4.78, 5) is 20.7. The van der Waals surface area contributed by atoms with Gasteiger partial charge in [0.2, 0.25) is 0 Å². The molecule has 0 bridgehead atoms. The van der Waals surface area contributed by atoms with E-state index in [1.54, 1.807) is 22.2 Å². The average molecular weight is 340 g/mol. The van der Waals surface area contributed by atoms with E-state index in [1.165, 1.54) is 11.3 Å². The van der Waals surface area contributed by atoms with Crippen molar-refractivity contribution >= 4 is 33.1 Å². The van der Waals surface area contributed by atoms with Crippen LogP contribution in [0.15, 0.2) is 48.2 Å². The lowest BCUT2D eigenvalue weighted by molar-refractivity contribution is 0.0911. The number of carbonyl (C=O) groups excluding carboxylic acids is 1. The number of hydrogen-bond donors (Lipinski definition) is 3. The van der Waals surface area contributed by atoms with Crippen molar-refractivity contribution in [2.75, 3.05) is 6.61 Å². The predicted molar refractivity (Wildman–Crippen MR) is 93.4 cm³/mol. The molecule has 0 aliphatic rings. The highest BCUT2D eigenvalue weighted by Crippen LogP contribution is 2.19. The SMILES string of the molecule is O=C(NC(CO)Cc1c[nH]c2ccccc12)c1csc2nccn12. The summed E-state index contributed by atoms with van der Waals surface area (Å²) in [6, 6.07) is 7.64. The van der Waals surface area contributed by atoms with Crippen LogP contribution in [0.2, 0.25) is 0 Å². The molecule has 6 nitrogen and oxygen atoms in total. The van der Waals surface area contributed by atoms with Crippen LogP contribution >= 0.6 is 11.3 Å². The van der Waals surface area contributed by atoms with Crippen LogP contribution in [0.3, 0.4) is 0 Å². The van der Waals surface area contributed by atoms with E-state index in [0.717, 1.165) is 21.4 Å². The van der Waals surface area contributed by atoms with Gasteiger partial charge >= 0.3 is 0 Å². The number of aliphatic hydroxyl groups is 1. The number of nitrogens with one attached hydrogen (secondary N) is 2. The Labute approximate surface area is 141 Å². The smallest absolute Gasteiger partial charge is 0.269 e. The van der Waals surface area contributed by atoms with Gasteiger partial charge in [0.05, 0.1) is 12.6 Å². The molecule has 0 saturated heterocycles. The molecule has 0 saturated carbocycles. The Balaban J connectivity index is 1.54. The van der Waals surface area contributed by atoms with E-state index in [2.05, 4.69) is 15.3 Å². The fraction of sp³-hybridized carbons (Fsp3) is 0.176. The normalized spacial score (nSPS) is 12.7. The third-order valence-corrected chi connectivity index (χ3v) is 4.93. The molecule has 7 heteroatoms. The van der Waals surface area contributed by atoms with E-state index in [9.17, 15) is 9.90 Å². The number of imidazole rings is 1. The average Bonchev–Trinajstić information content (AvgIpc) is 3.29. The highest BCUT2D eigenvalue weighted by atomic mass is 32.1. The lowest BCUT2D eigenvalue weighted by Gasteiger charge is -2.15. The Kier molecular flexibility index (Phi) is 3.79. The van der Waals surface area contributed by atoms with Gasteiger partial charge in [0, 0.05) is 34.9 Å². The summed E-state index contributed by atoms with van der Waals surface area (Å²) in [5.41, 5.74) is 2.65. The summed E-state index contributed by atoms with van der Waals surface area (Å²) >= 11 is 1.41. The molecule has 3 heterocycles. The first-order valence-electron chi connectivity index (χ1n) is 7.63. The quantitative estimate of drug-likeness (QED) is 0.521. The fourth-order valence-electron chi connectivity index (χ4n) is 2.88. The number of amides is 1. The van der Waals surface area contributed by atoms with Gasteiger partial charge in [-0.1, -0.05) is 18.2 Å². The van der Waals surface area contributed by atoms with E-state index >= 15 is 0 Å². The number of nitrogens with zero attached hydrogens (tertiary/aromatic N) is 2. The van der Waals surface area contributed by atoms with Crippen molar-refractivity contribution in [3.8, 4) is 0 Å². The molecule has 0 aliphatic heterocycles. The number of aromatic nitrogens is 3. The molecule has 4 aromatic rings. The zero-order valence-corrected chi connectivity index (χ0v) is 13.6. The number of hydrogen-bond acceptors (Lipinski definition) is 4. The standard InChI is InChI=1S/C17H16N4O2S/c22-9-12(7-11-8-19-14-4-2-1-3-13(11)14)20-16(23)15-10-24-17-18-5-6-21(15)17/h1-6,8,10,12,19,22H,7,9H2,(H,20,23). The molecule has 3 N–H and O–H groups in total. The molecule has 0 radical (unpaired) electrons. The van der Waals surface area contributed by atoms with Crippen molar-refractivity contribution in [3.63, 3.8) is 0 Å². The maximum Gasteiger partial charge on any atom is 0.269 e. The van der Waals surface area contributed by atoms with E-state index in [4.69, 9.17) is 0 Å². The number of rotatable bonds is 5. The highest BCUT2D eigenvalue weighted by Gasteiger charge is 2.18. The number of aromatic amines is 1. The molecule has 3 aromatic heterocycles. The van der Waals surface area contributed by atoms with Crippen LogP contribution in [0.1, 0.15) is 16.1 Å². The van der Waals surface area contributed by atoms with Crippen molar-refractivity contribution in [1.29, 1.82) is 0 Å². The van der Waals surface area contributed by atoms with Crippen molar-refractivity contribution in [3.05, 3.63) is 59.5 Å². The topological polar surface area (TPSA) is 82.4 Å². The Morgan fingerprint density at radius 2 is 2.29 bits per heavy atom. The number of fused-ring (bicyclic) bond motifs is 2. The molecule has 1 unspecified atom stereocenters. The molecule has 1 atom stereocenters. The van der Waals surface area contributed by atoms with Gasteiger partial charge < -0.3 is 15.4 Å². The van der Waals surface area contributed by atoms with E-state index < -0.39 is 0 Å². The fourth-order valence-corrected chi connectivity index (χ4v) is 3.71. The van der Waals surface area contributed by atoms with Crippen molar-refractivity contribution < 1.29 is 9.90 Å². The van der Waals surface area contributed by atoms with E-state index in [1.807, 2.05) is 30.5 Å². The Hall–Kier alpha value is -2.64. The number of H-pyrrole nitrogens is 1. The zero-order chi connectivity index (χ0) is 16.5. The molecule has 0 spiro atoms. The number of thiazole rings is 1. The Morgan fingerprint density at radius 1 is 1.42 bits per heavy atom. The summed E-state index contributed by atoms with van der Waals surface area (Å²) in [5.74, 6) is -0.210. The highest BCUT2D eigenvalue weighted by molar-refractivity contribution is 7.15. The molecule has 1 aromatic carbocycles. The summed E-state index contributed by atoms with van der Waals surface area (Å²) in [6.07, 6.45) is 5.91. The largest absolute Gasteiger partial charge is 0.394 e. The van der Waals surface area contributed by atoms with Gasteiger partial charge in [-0.05, 0) is 18.1 Å². The monoisotopic (exact) mass is 340 g/mol. The van der Waals surface area contributed by atoms with Crippen LogP contribution in [-0.4, -0.2) is 38.0 Å². The zero-order valence-electron chi connectivity index (χ0n) is 12.8. The molecule has 24 heavy (non-hydrogen) atoms. The van der Waals surface area contributed by atoms with E-state index in [-0.39, 0.29) is 18.6 Å². The summed E-state index contributed by atoms with van der Waals surface area (Å²) < 4.78 is 1.75. The number of para-hydroxylation sites is 1. The van der Waals surface area contributed by atoms with Gasteiger partial charge in [-0.15, -0.1) is 11.3 Å². The summed E-state index contributed by atoms with van der Waals surface area (Å²) in [6.45, 7) is -0.123. The third-order valence-electron chi connectivity index (χ3n) is 4.07. The molecule has 4 rings (SSSR count). The number of carbonyl (C=O) groups is 1. The Morgan fingerprint density at radius 3 is 3.17 bits per heavy atom. The van der Waals surface area contributed by atoms with Crippen molar-refractivity contribution in [2.45, 2.75) is 12.5 Å². The minimum absolute atomic E-state index is 0.123. The summed E-state index contributed by atoms with van der Waals surface area (Å²) in [5, 5.41) is 15.5. The van der Waals surface area contributed by atoms with Gasteiger partial charge in [0.25, 0.3) is 5.91 Å². The molecule has 0 fully saturated rings. The van der Waals surface area contributed by atoms with Crippen LogP contribution in [0.5, 0.6) is 0 Å². The van der Waals surface area contributed by atoms with Gasteiger partial charge in [-0.3, -0.25) is 9.20 Å². The van der Waals surface area contributed by atoms with Gasteiger partial charge in [-0.25, -0.2) is 4.98 Å². The first kappa shape index (κ1) is 14.9. The van der Waals surface area contributed by atoms with Crippen molar-refractivity contribution in [1.82, 2.24) is 19.7 Å². The van der Waals surface area contributed by atoms with Crippen molar-refractivity contribution in [2.24, 2.45) is 0 Å². The first-order chi connectivity index (χ1) is 11.8. The summed E-state index contributed by atoms with van der Waals surface area (Å²) in [7, 11) is 0. The number of benzene rings is 1. The maximum atomic E-state index is 12.5. The van der Waals surface area contributed by atoms with Crippen LogP contribution < -0.4 is 5.32 Å². The minimum Gasteiger partial charge on any atom is -0.394 e. The van der Waals surface area contributed by atoms with Crippen LogP contribution in [0.4, 0.5) is 0 Å². The second kappa shape index (κ2) is 6.10. The molecule has 1 amide bonds. The molecule has 122 valence electrons. The van der Waals surface area contributed by atoms with E-state index in [0.29, 0.717) is 12.1 Å². The van der Waals surface area contributed by atoms with Crippen LogP contribution in [0.25, 0.3) is 15.9 Å². The third kappa shape index (κ3) is 2.57. The Bertz CT molecular complexity index is 1000.